The molecular weight excluding hydrogens is 244 g/mol. The predicted molar refractivity (Wildman–Crippen MR) is 72.8 cm³/mol. The SMILES string of the molecule is CCC(=C(C(=O)O)C(=O)O)C1(C)C=CC=CC1CC. The molecule has 2 unspecified atom stereocenters. The fourth-order valence-electron chi connectivity index (χ4n) is 2.84. The highest BCUT2D eigenvalue weighted by Gasteiger charge is 2.38. The van der Waals surface area contributed by atoms with E-state index in [1.54, 1.807) is 6.92 Å². The van der Waals surface area contributed by atoms with Crippen LogP contribution in [0, 0.1) is 11.3 Å². The number of rotatable bonds is 5. The number of aliphatic carboxylic acids is 2. The second-order valence-corrected chi connectivity index (χ2v) is 4.86. The molecule has 1 aliphatic rings. The molecule has 0 aromatic rings. The Morgan fingerprint density at radius 3 is 2.16 bits per heavy atom. The van der Waals surface area contributed by atoms with E-state index in [2.05, 4.69) is 0 Å². The van der Waals surface area contributed by atoms with Crippen molar-refractivity contribution >= 4 is 11.9 Å². The first-order valence-electron chi connectivity index (χ1n) is 6.44. The quantitative estimate of drug-likeness (QED) is 0.454. The zero-order chi connectivity index (χ0) is 14.6. The molecule has 0 fully saturated rings. The average Bonchev–Trinajstić information content (AvgIpc) is 2.34. The maximum absolute atomic E-state index is 11.2. The summed E-state index contributed by atoms with van der Waals surface area (Å²) in [5, 5.41) is 18.3. The maximum Gasteiger partial charge on any atom is 0.343 e. The lowest BCUT2D eigenvalue weighted by atomic mass is 9.66. The van der Waals surface area contributed by atoms with Gasteiger partial charge in [-0.05, 0) is 24.3 Å². The van der Waals surface area contributed by atoms with Crippen molar-refractivity contribution in [2.75, 3.05) is 0 Å². The molecule has 0 aliphatic heterocycles. The number of hydrogen-bond acceptors (Lipinski definition) is 2. The van der Waals surface area contributed by atoms with Crippen LogP contribution in [0.3, 0.4) is 0 Å². The minimum absolute atomic E-state index is 0.112. The number of carboxylic acids is 2. The van der Waals surface area contributed by atoms with Gasteiger partial charge in [-0.25, -0.2) is 9.59 Å². The lowest BCUT2D eigenvalue weighted by molar-refractivity contribution is -0.140. The van der Waals surface area contributed by atoms with Gasteiger partial charge in [-0.2, -0.15) is 0 Å². The number of allylic oxidation sites excluding steroid dienone is 5. The fourth-order valence-corrected chi connectivity index (χ4v) is 2.84. The largest absolute Gasteiger partial charge is 0.477 e. The predicted octanol–water partition coefficient (Wildman–Crippen LogP) is 3.02. The van der Waals surface area contributed by atoms with Crippen molar-refractivity contribution in [1.82, 2.24) is 0 Å². The van der Waals surface area contributed by atoms with Crippen molar-refractivity contribution in [2.24, 2.45) is 11.3 Å². The summed E-state index contributed by atoms with van der Waals surface area (Å²) in [5.41, 5.74) is -0.576. The summed E-state index contributed by atoms with van der Waals surface area (Å²) < 4.78 is 0. The second kappa shape index (κ2) is 5.87. The first-order chi connectivity index (χ1) is 8.88. The van der Waals surface area contributed by atoms with E-state index in [1.807, 2.05) is 38.2 Å². The van der Waals surface area contributed by atoms with Crippen LogP contribution < -0.4 is 0 Å². The maximum atomic E-state index is 11.2. The van der Waals surface area contributed by atoms with Crippen LogP contribution in [0.25, 0.3) is 0 Å². The van der Waals surface area contributed by atoms with E-state index in [0.717, 1.165) is 6.42 Å². The summed E-state index contributed by atoms with van der Waals surface area (Å²) >= 11 is 0. The van der Waals surface area contributed by atoms with Crippen LogP contribution in [-0.4, -0.2) is 22.2 Å². The zero-order valence-electron chi connectivity index (χ0n) is 11.5. The van der Waals surface area contributed by atoms with E-state index in [1.165, 1.54) is 0 Å². The van der Waals surface area contributed by atoms with Gasteiger partial charge in [0.15, 0.2) is 0 Å². The minimum atomic E-state index is -1.37. The van der Waals surface area contributed by atoms with Crippen LogP contribution in [-0.2, 0) is 9.59 Å². The Balaban J connectivity index is 3.47. The van der Waals surface area contributed by atoms with Crippen molar-refractivity contribution in [2.45, 2.75) is 33.6 Å². The molecule has 2 N–H and O–H groups in total. The van der Waals surface area contributed by atoms with Gasteiger partial charge in [0.25, 0.3) is 0 Å². The molecule has 104 valence electrons. The first-order valence-corrected chi connectivity index (χ1v) is 6.44. The highest BCUT2D eigenvalue weighted by atomic mass is 16.4. The van der Waals surface area contributed by atoms with Crippen LogP contribution in [0.5, 0.6) is 0 Å². The van der Waals surface area contributed by atoms with Gasteiger partial charge in [-0.15, -0.1) is 0 Å². The normalized spacial score (nSPS) is 25.1. The van der Waals surface area contributed by atoms with Gasteiger partial charge in [-0.1, -0.05) is 45.1 Å². The van der Waals surface area contributed by atoms with Crippen molar-refractivity contribution in [1.29, 1.82) is 0 Å². The highest BCUT2D eigenvalue weighted by molar-refractivity contribution is 6.13. The van der Waals surface area contributed by atoms with Gasteiger partial charge in [0, 0.05) is 5.41 Å². The molecule has 4 nitrogen and oxygen atoms in total. The van der Waals surface area contributed by atoms with Gasteiger partial charge >= 0.3 is 11.9 Å². The molecule has 2 atom stereocenters. The molecule has 0 radical (unpaired) electrons. The Morgan fingerprint density at radius 2 is 1.74 bits per heavy atom. The van der Waals surface area contributed by atoms with Crippen LogP contribution >= 0.6 is 0 Å². The summed E-state index contributed by atoms with van der Waals surface area (Å²) in [5.74, 6) is -2.63. The third-order valence-electron chi connectivity index (χ3n) is 3.84. The molecule has 19 heavy (non-hydrogen) atoms. The smallest absolute Gasteiger partial charge is 0.343 e. The van der Waals surface area contributed by atoms with E-state index in [-0.39, 0.29) is 5.92 Å². The number of carbonyl (C=O) groups is 2. The van der Waals surface area contributed by atoms with Crippen LogP contribution in [0.4, 0.5) is 0 Å². The van der Waals surface area contributed by atoms with Crippen molar-refractivity contribution in [3.8, 4) is 0 Å². The van der Waals surface area contributed by atoms with Crippen molar-refractivity contribution in [3.63, 3.8) is 0 Å². The summed E-state index contributed by atoms with van der Waals surface area (Å²) in [4.78, 5) is 22.5. The molecule has 0 amide bonds. The third kappa shape index (κ3) is 2.78. The minimum Gasteiger partial charge on any atom is -0.477 e. The van der Waals surface area contributed by atoms with E-state index in [0.29, 0.717) is 12.0 Å². The second-order valence-electron chi connectivity index (χ2n) is 4.86. The van der Waals surface area contributed by atoms with E-state index in [4.69, 9.17) is 10.2 Å². The van der Waals surface area contributed by atoms with Gasteiger partial charge in [0.2, 0.25) is 0 Å². The van der Waals surface area contributed by atoms with E-state index < -0.39 is 22.9 Å². The molecule has 0 bridgehead atoms. The molecule has 0 aromatic carbocycles. The third-order valence-corrected chi connectivity index (χ3v) is 3.84. The molecule has 0 heterocycles. The Morgan fingerprint density at radius 1 is 1.16 bits per heavy atom. The van der Waals surface area contributed by atoms with Gasteiger partial charge in [0.1, 0.15) is 5.57 Å². The van der Waals surface area contributed by atoms with Gasteiger partial charge in [0.05, 0.1) is 0 Å². The molecule has 0 saturated heterocycles. The Bertz CT molecular complexity index is 455. The number of hydrogen-bond donors (Lipinski definition) is 2. The monoisotopic (exact) mass is 264 g/mol. The molecular formula is C15H20O4. The lowest BCUT2D eigenvalue weighted by Crippen LogP contribution is -2.31. The molecule has 1 rings (SSSR count). The van der Waals surface area contributed by atoms with E-state index in [9.17, 15) is 9.59 Å². The van der Waals surface area contributed by atoms with Crippen LogP contribution in [0.1, 0.15) is 33.6 Å². The van der Waals surface area contributed by atoms with E-state index >= 15 is 0 Å². The van der Waals surface area contributed by atoms with Crippen LogP contribution in [0.15, 0.2) is 35.5 Å². The highest BCUT2D eigenvalue weighted by Crippen LogP contribution is 2.44. The van der Waals surface area contributed by atoms with Gasteiger partial charge in [-0.3, -0.25) is 0 Å². The Kier molecular flexibility index (Phi) is 4.70. The van der Waals surface area contributed by atoms with Crippen LogP contribution in [0.2, 0.25) is 0 Å². The van der Waals surface area contributed by atoms with Crippen molar-refractivity contribution in [3.05, 3.63) is 35.5 Å². The summed E-state index contributed by atoms with van der Waals surface area (Å²) in [6.45, 7) is 5.72. The molecule has 4 heteroatoms. The summed E-state index contributed by atoms with van der Waals surface area (Å²) in [6, 6.07) is 0. The van der Waals surface area contributed by atoms with Gasteiger partial charge < -0.3 is 10.2 Å². The average molecular weight is 264 g/mol. The van der Waals surface area contributed by atoms with Crippen molar-refractivity contribution < 1.29 is 19.8 Å². The molecule has 0 spiro atoms. The number of carboxylic acid groups (broad SMARTS) is 2. The standard InChI is InChI=1S/C15H20O4/c1-4-10-8-6-7-9-15(10,3)11(5-2)12(13(16)17)14(18)19/h6-10H,4-5H2,1-3H3,(H,16,17)(H,18,19). The molecule has 0 saturated carbocycles. The molecule has 0 aromatic heterocycles. The topological polar surface area (TPSA) is 74.6 Å². The Labute approximate surface area is 113 Å². The first kappa shape index (κ1) is 15.2. The lowest BCUT2D eigenvalue weighted by Gasteiger charge is -2.37. The summed E-state index contributed by atoms with van der Waals surface area (Å²) in [6.07, 6.45) is 8.92. The fraction of sp³-hybridized carbons (Fsp3) is 0.467. The summed E-state index contributed by atoms with van der Waals surface area (Å²) in [7, 11) is 0. The Hall–Kier alpha value is -1.84. The molecule has 1 aliphatic carbocycles. The zero-order valence-corrected chi connectivity index (χ0v) is 11.5.